The van der Waals surface area contributed by atoms with Crippen LogP contribution >= 0.6 is 0 Å². The molecule has 0 aromatic heterocycles. The maximum absolute atomic E-state index is 10.4. The van der Waals surface area contributed by atoms with E-state index in [-0.39, 0.29) is 0 Å². The zero-order chi connectivity index (χ0) is 10.2. The van der Waals surface area contributed by atoms with Crippen LogP contribution in [-0.4, -0.2) is 41.8 Å². The van der Waals surface area contributed by atoms with Crippen molar-refractivity contribution in [2.45, 2.75) is 37.8 Å². The van der Waals surface area contributed by atoms with Crippen molar-refractivity contribution in [1.29, 1.82) is 0 Å². The fraction of sp³-hybridized carbons (Fsp3) is 0.818. The lowest BCUT2D eigenvalue weighted by atomic mass is 9.85. The largest absolute Gasteiger partial charge is 0.495 e. The quantitative estimate of drug-likeness (QED) is 0.684. The third-order valence-electron chi connectivity index (χ3n) is 3.43. The Bertz CT molecular complexity index is 252. The van der Waals surface area contributed by atoms with Crippen LogP contribution in [0.1, 0.15) is 26.2 Å². The van der Waals surface area contributed by atoms with Gasteiger partial charge in [-0.3, -0.25) is 0 Å². The van der Waals surface area contributed by atoms with Gasteiger partial charge >= 0.3 is 0 Å². The molecule has 0 aromatic carbocycles. The van der Waals surface area contributed by atoms with E-state index in [1.54, 1.807) is 0 Å². The second kappa shape index (κ2) is 3.55. The molecule has 80 valence electrons. The normalized spacial score (nSPS) is 39.4. The molecule has 0 spiro atoms. The van der Waals surface area contributed by atoms with Crippen LogP contribution in [0.25, 0.3) is 0 Å². The van der Waals surface area contributed by atoms with Gasteiger partial charge in [0.25, 0.3) is 0 Å². The monoisotopic (exact) mass is 197 g/mol. The van der Waals surface area contributed by atoms with Crippen LogP contribution in [0.3, 0.4) is 0 Å². The highest BCUT2D eigenvalue weighted by Gasteiger charge is 2.40. The minimum atomic E-state index is -0.692. The highest BCUT2D eigenvalue weighted by molar-refractivity contribution is 5.15. The molecule has 0 aliphatic carbocycles. The van der Waals surface area contributed by atoms with Gasteiger partial charge in [0.05, 0.1) is 6.61 Å². The van der Waals surface area contributed by atoms with E-state index in [0.29, 0.717) is 6.04 Å². The highest BCUT2D eigenvalue weighted by Crippen LogP contribution is 2.34. The molecular weight excluding hydrogens is 178 g/mol. The van der Waals surface area contributed by atoms with Crippen molar-refractivity contribution < 1.29 is 9.84 Å². The Kier molecular flexibility index (Phi) is 2.54. The molecule has 2 aliphatic heterocycles. The van der Waals surface area contributed by atoms with Gasteiger partial charge in [-0.1, -0.05) is 0 Å². The first-order chi connectivity index (χ1) is 6.62. The Morgan fingerprint density at radius 1 is 1.64 bits per heavy atom. The molecule has 2 atom stereocenters. The number of ether oxygens (including phenoxy) is 1. The van der Waals surface area contributed by atoms with E-state index in [1.165, 1.54) is 0 Å². The van der Waals surface area contributed by atoms with Crippen LogP contribution in [0, 0.1) is 0 Å². The molecule has 0 saturated carbocycles. The molecule has 2 rings (SSSR count). The number of hydrogen-bond donors (Lipinski definition) is 1. The van der Waals surface area contributed by atoms with Gasteiger partial charge in [0.2, 0.25) is 0 Å². The van der Waals surface area contributed by atoms with E-state index in [9.17, 15) is 5.11 Å². The molecule has 0 amide bonds. The van der Waals surface area contributed by atoms with E-state index in [0.717, 1.165) is 38.2 Å². The lowest BCUT2D eigenvalue weighted by Crippen LogP contribution is -2.48. The number of aliphatic hydroxyl groups is 1. The summed E-state index contributed by atoms with van der Waals surface area (Å²) in [6.07, 6.45) is 4.56. The van der Waals surface area contributed by atoms with Crippen molar-refractivity contribution in [2.24, 2.45) is 0 Å². The van der Waals surface area contributed by atoms with E-state index in [4.69, 9.17) is 4.74 Å². The molecule has 1 fully saturated rings. The van der Waals surface area contributed by atoms with E-state index < -0.39 is 5.60 Å². The third-order valence-corrected chi connectivity index (χ3v) is 3.43. The molecule has 1 saturated heterocycles. The zero-order valence-electron chi connectivity index (χ0n) is 8.99. The molecule has 0 aromatic rings. The first-order valence-corrected chi connectivity index (χ1v) is 5.38. The predicted octanol–water partition coefficient (Wildman–Crippen LogP) is 1.14. The maximum Gasteiger partial charge on any atom is 0.124 e. The molecule has 2 unspecified atom stereocenters. The number of rotatable bonds is 1. The second-order valence-electron chi connectivity index (χ2n) is 4.52. The van der Waals surface area contributed by atoms with Crippen molar-refractivity contribution in [1.82, 2.24) is 4.90 Å². The summed E-state index contributed by atoms with van der Waals surface area (Å²) in [6, 6.07) is 0.429. The number of nitrogens with zero attached hydrogens (tertiary/aromatic N) is 1. The summed E-state index contributed by atoms with van der Waals surface area (Å²) in [5.41, 5.74) is -0.692. The smallest absolute Gasteiger partial charge is 0.124 e. The van der Waals surface area contributed by atoms with Crippen LogP contribution in [-0.2, 0) is 4.74 Å². The van der Waals surface area contributed by atoms with Crippen molar-refractivity contribution >= 4 is 0 Å². The van der Waals surface area contributed by atoms with Gasteiger partial charge in [-0.25, -0.2) is 0 Å². The van der Waals surface area contributed by atoms with E-state index in [2.05, 4.69) is 18.9 Å². The molecule has 3 heteroatoms. The van der Waals surface area contributed by atoms with Gasteiger partial charge in [0.15, 0.2) is 0 Å². The number of piperidine rings is 1. The standard InChI is InChI=1S/C11H19NO2/c1-9-8-11(13,5-6-12(9)2)10-4-3-7-14-10/h4,9,13H,3,5-8H2,1-2H3. The van der Waals surface area contributed by atoms with Crippen molar-refractivity contribution in [3.63, 3.8) is 0 Å². The minimum Gasteiger partial charge on any atom is -0.495 e. The van der Waals surface area contributed by atoms with Crippen molar-refractivity contribution in [3.8, 4) is 0 Å². The third kappa shape index (κ3) is 1.66. The fourth-order valence-electron chi connectivity index (χ4n) is 2.29. The highest BCUT2D eigenvalue weighted by atomic mass is 16.5. The molecule has 14 heavy (non-hydrogen) atoms. The lowest BCUT2D eigenvalue weighted by Gasteiger charge is -2.41. The summed E-state index contributed by atoms with van der Waals surface area (Å²) in [6.45, 7) is 3.83. The molecule has 0 radical (unpaired) electrons. The van der Waals surface area contributed by atoms with Gasteiger partial charge in [0, 0.05) is 19.0 Å². The van der Waals surface area contributed by atoms with Crippen molar-refractivity contribution in [3.05, 3.63) is 11.8 Å². The van der Waals surface area contributed by atoms with E-state index in [1.807, 2.05) is 6.08 Å². The molecule has 2 heterocycles. The number of likely N-dealkylation sites (tertiary alicyclic amines) is 1. The maximum atomic E-state index is 10.4. The zero-order valence-corrected chi connectivity index (χ0v) is 8.99. The van der Waals surface area contributed by atoms with Crippen molar-refractivity contribution in [2.75, 3.05) is 20.2 Å². The summed E-state index contributed by atoms with van der Waals surface area (Å²) < 4.78 is 5.47. The Labute approximate surface area is 85.4 Å². The molecular formula is C11H19NO2. The molecule has 2 aliphatic rings. The van der Waals surface area contributed by atoms with Crippen LogP contribution in [0.5, 0.6) is 0 Å². The van der Waals surface area contributed by atoms with Gasteiger partial charge in [-0.05, 0) is 32.9 Å². The van der Waals surface area contributed by atoms with Gasteiger partial charge in [-0.2, -0.15) is 0 Å². The fourth-order valence-corrected chi connectivity index (χ4v) is 2.29. The van der Waals surface area contributed by atoms with Gasteiger partial charge in [0.1, 0.15) is 11.4 Å². The lowest BCUT2D eigenvalue weighted by molar-refractivity contribution is -0.0426. The number of hydrogen-bond acceptors (Lipinski definition) is 3. The predicted molar refractivity (Wildman–Crippen MR) is 54.9 cm³/mol. The Balaban J connectivity index is 2.09. The summed E-state index contributed by atoms with van der Waals surface area (Å²) in [5.74, 6) is 0.817. The SMILES string of the molecule is CC1CC(O)(C2=CCCO2)CCN1C. The average molecular weight is 197 g/mol. The summed E-state index contributed by atoms with van der Waals surface area (Å²) in [4.78, 5) is 2.28. The second-order valence-corrected chi connectivity index (χ2v) is 4.52. The molecule has 0 bridgehead atoms. The van der Waals surface area contributed by atoms with Crippen LogP contribution < -0.4 is 0 Å². The summed E-state index contributed by atoms with van der Waals surface area (Å²) >= 11 is 0. The summed E-state index contributed by atoms with van der Waals surface area (Å²) in [7, 11) is 2.11. The van der Waals surface area contributed by atoms with Crippen LogP contribution in [0.15, 0.2) is 11.8 Å². The first-order valence-electron chi connectivity index (χ1n) is 5.38. The topological polar surface area (TPSA) is 32.7 Å². The van der Waals surface area contributed by atoms with Crippen LogP contribution in [0.4, 0.5) is 0 Å². The average Bonchev–Trinajstić information content (AvgIpc) is 2.65. The van der Waals surface area contributed by atoms with E-state index >= 15 is 0 Å². The first kappa shape index (κ1) is 9.99. The van der Waals surface area contributed by atoms with Gasteiger partial charge < -0.3 is 14.7 Å². The Morgan fingerprint density at radius 2 is 2.43 bits per heavy atom. The molecule has 3 nitrogen and oxygen atoms in total. The Hall–Kier alpha value is -0.540. The summed E-state index contributed by atoms with van der Waals surface area (Å²) in [5, 5.41) is 10.4. The minimum absolute atomic E-state index is 0.429. The van der Waals surface area contributed by atoms with Gasteiger partial charge in [-0.15, -0.1) is 0 Å². The van der Waals surface area contributed by atoms with Crippen LogP contribution in [0.2, 0.25) is 0 Å². The molecule has 1 N–H and O–H groups in total. The Morgan fingerprint density at radius 3 is 3.00 bits per heavy atom.